The van der Waals surface area contributed by atoms with Crippen molar-refractivity contribution in [2.45, 2.75) is 37.4 Å². The Hall–Kier alpha value is 0.0943. The Morgan fingerprint density at radius 2 is 1.58 bits per heavy atom. The first kappa shape index (κ1) is 24.1. The molecule has 0 N–H and O–H groups in total. The summed E-state index contributed by atoms with van der Waals surface area (Å²) in [4.78, 5) is 0. The SMILES string of the molecule is C1=CCC=C1.COC1OC(CC2C=CC=C2)C2OCO[C@H]12.[Cl-].[Cl-].[Ti+2]. The van der Waals surface area contributed by atoms with Crippen LogP contribution >= 0.6 is 0 Å². The number of methoxy groups -OCH3 is 1. The molecule has 4 atom stereocenters. The number of ether oxygens (including phenoxy) is 4. The van der Waals surface area contributed by atoms with E-state index in [1.807, 2.05) is 0 Å². The molecule has 4 rings (SSSR count). The maximum absolute atomic E-state index is 5.80. The fraction of sp³-hybridized carbons (Fsp3) is 0.529. The van der Waals surface area contributed by atoms with Crippen LogP contribution in [0.3, 0.4) is 0 Å². The minimum Gasteiger partial charge on any atom is -1.00 e. The first-order chi connectivity index (χ1) is 10.4. The molecule has 2 fully saturated rings. The normalized spacial score (nSPS) is 31.7. The van der Waals surface area contributed by atoms with Gasteiger partial charge < -0.3 is 43.8 Å². The predicted molar refractivity (Wildman–Crippen MR) is 79.6 cm³/mol. The van der Waals surface area contributed by atoms with Gasteiger partial charge in [-0.2, -0.15) is 0 Å². The van der Waals surface area contributed by atoms with E-state index in [0.717, 1.165) is 12.8 Å². The minimum atomic E-state index is -0.285. The second kappa shape index (κ2) is 12.4. The molecule has 24 heavy (non-hydrogen) atoms. The fourth-order valence-electron chi connectivity index (χ4n) is 2.94. The van der Waals surface area contributed by atoms with E-state index in [2.05, 4.69) is 48.6 Å². The predicted octanol–water partition coefficient (Wildman–Crippen LogP) is -3.26. The maximum Gasteiger partial charge on any atom is 2.00 e. The van der Waals surface area contributed by atoms with Crippen molar-refractivity contribution in [3.63, 3.8) is 0 Å². The van der Waals surface area contributed by atoms with E-state index >= 15 is 0 Å². The second-order valence-electron chi connectivity index (χ2n) is 5.42. The first-order valence-electron chi connectivity index (χ1n) is 7.46. The summed E-state index contributed by atoms with van der Waals surface area (Å²) >= 11 is 0. The summed E-state index contributed by atoms with van der Waals surface area (Å²) in [6, 6.07) is 0. The van der Waals surface area contributed by atoms with Crippen molar-refractivity contribution < 1.29 is 65.5 Å². The van der Waals surface area contributed by atoms with Gasteiger partial charge in [0.05, 0.1) is 6.10 Å². The first-order valence-corrected chi connectivity index (χ1v) is 7.46. The van der Waals surface area contributed by atoms with E-state index in [-0.39, 0.29) is 71.1 Å². The van der Waals surface area contributed by atoms with Crippen molar-refractivity contribution in [3.05, 3.63) is 48.6 Å². The van der Waals surface area contributed by atoms with Gasteiger partial charge in [-0.3, -0.25) is 0 Å². The molecule has 2 aliphatic heterocycles. The Labute approximate surface area is 171 Å². The third kappa shape index (κ3) is 6.12. The monoisotopic (exact) mass is 408 g/mol. The van der Waals surface area contributed by atoms with Gasteiger partial charge in [-0.05, 0) is 18.8 Å². The summed E-state index contributed by atoms with van der Waals surface area (Å²) < 4.78 is 22.1. The number of hydrogen-bond donors (Lipinski definition) is 0. The number of allylic oxidation sites excluding steroid dienone is 8. The molecule has 0 aromatic heterocycles. The van der Waals surface area contributed by atoms with Crippen molar-refractivity contribution >= 4 is 0 Å². The molecule has 7 heteroatoms. The van der Waals surface area contributed by atoms with Gasteiger partial charge in [0.25, 0.3) is 0 Å². The van der Waals surface area contributed by atoms with Gasteiger partial charge in [-0.15, -0.1) is 0 Å². The van der Waals surface area contributed by atoms with Crippen LogP contribution in [0.25, 0.3) is 0 Å². The Morgan fingerprint density at radius 1 is 0.958 bits per heavy atom. The van der Waals surface area contributed by atoms with Crippen molar-refractivity contribution in [2.75, 3.05) is 13.9 Å². The average molecular weight is 409 g/mol. The van der Waals surface area contributed by atoms with Gasteiger partial charge >= 0.3 is 21.7 Å². The summed E-state index contributed by atoms with van der Waals surface area (Å²) in [5, 5.41) is 0. The number of rotatable bonds is 3. The molecule has 4 aliphatic rings. The molecule has 0 saturated carbocycles. The zero-order chi connectivity index (χ0) is 14.5. The van der Waals surface area contributed by atoms with Gasteiger partial charge in [0.1, 0.15) is 19.0 Å². The van der Waals surface area contributed by atoms with Crippen LogP contribution in [-0.2, 0) is 40.7 Å². The van der Waals surface area contributed by atoms with Gasteiger partial charge in [-0.1, -0.05) is 48.6 Å². The van der Waals surface area contributed by atoms with Crippen LogP contribution in [-0.4, -0.2) is 38.5 Å². The zero-order valence-corrected chi connectivity index (χ0v) is 16.6. The maximum atomic E-state index is 5.80. The molecule has 132 valence electrons. The molecule has 0 spiro atoms. The van der Waals surface area contributed by atoms with E-state index in [4.69, 9.17) is 18.9 Å². The minimum absolute atomic E-state index is 0. The van der Waals surface area contributed by atoms with Crippen LogP contribution in [0, 0.1) is 5.92 Å². The molecule has 0 amide bonds. The molecule has 2 aliphatic carbocycles. The topological polar surface area (TPSA) is 36.9 Å². The molecule has 2 saturated heterocycles. The Balaban J connectivity index is 0.000000578. The molecule has 0 radical (unpaired) electrons. The van der Waals surface area contributed by atoms with Gasteiger partial charge in [0.15, 0.2) is 6.29 Å². The zero-order valence-electron chi connectivity index (χ0n) is 13.5. The van der Waals surface area contributed by atoms with Gasteiger partial charge in [0.2, 0.25) is 0 Å². The number of hydrogen-bond acceptors (Lipinski definition) is 4. The summed E-state index contributed by atoms with van der Waals surface area (Å²) in [6.45, 7) is 0.353. The van der Waals surface area contributed by atoms with E-state index in [1.165, 1.54) is 0 Å². The van der Waals surface area contributed by atoms with Crippen molar-refractivity contribution in [2.24, 2.45) is 5.92 Å². The molecule has 0 aromatic carbocycles. The summed E-state index contributed by atoms with van der Waals surface area (Å²) in [7, 11) is 1.64. The fourth-order valence-corrected chi connectivity index (χ4v) is 2.94. The molecule has 4 nitrogen and oxygen atoms in total. The van der Waals surface area contributed by atoms with E-state index < -0.39 is 0 Å². The summed E-state index contributed by atoms with van der Waals surface area (Å²) in [5.41, 5.74) is 0. The Bertz CT molecular complexity index is 446. The number of fused-ring (bicyclic) bond motifs is 1. The number of halogens is 2. The molecule has 3 unspecified atom stereocenters. The second-order valence-corrected chi connectivity index (χ2v) is 5.42. The summed E-state index contributed by atoms with van der Waals surface area (Å²) in [5.74, 6) is 0.449. The largest absolute Gasteiger partial charge is 2.00 e. The molecular formula is C17H22Cl2O4Ti. The smallest absolute Gasteiger partial charge is 1.00 e. The quantitative estimate of drug-likeness (QED) is 0.459. The van der Waals surface area contributed by atoms with Crippen LogP contribution < -0.4 is 24.8 Å². The molecule has 2 heterocycles. The van der Waals surface area contributed by atoms with Gasteiger partial charge in [0, 0.05) is 7.11 Å². The van der Waals surface area contributed by atoms with Gasteiger partial charge in [-0.25, -0.2) is 0 Å². The van der Waals surface area contributed by atoms with E-state index in [1.54, 1.807) is 7.11 Å². The molecule has 0 bridgehead atoms. The molecule has 0 aromatic rings. The van der Waals surface area contributed by atoms with E-state index in [9.17, 15) is 0 Å². The van der Waals surface area contributed by atoms with Crippen LogP contribution in [0.4, 0.5) is 0 Å². The van der Waals surface area contributed by atoms with Crippen molar-refractivity contribution in [1.82, 2.24) is 0 Å². The molecular weight excluding hydrogens is 387 g/mol. The van der Waals surface area contributed by atoms with Crippen molar-refractivity contribution in [3.8, 4) is 0 Å². The Kier molecular flexibility index (Phi) is 12.5. The average Bonchev–Trinajstić information content (AvgIpc) is 3.29. The van der Waals surface area contributed by atoms with E-state index in [0.29, 0.717) is 12.7 Å². The standard InChI is InChI=1S/C12H16O4.C5H6.2ClH.Ti/c1-13-12-11-10(14-7-15-11)9(16-12)6-8-4-2-3-5-8;1-2-4-5-3-1;;;/h2-5,8-12H,6-7H2,1H3;1-4H,5H2;2*1H;/q;;;;+2/p-2/t9?,10?,11-,12?;;;;/m0..../s1. The van der Waals surface area contributed by atoms with Crippen LogP contribution in [0.2, 0.25) is 0 Å². The summed E-state index contributed by atoms with van der Waals surface area (Å²) in [6.07, 6.45) is 18.6. The third-order valence-electron chi connectivity index (χ3n) is 4.01. The van der Waals surface area contributed by atoms with Crippen molar-refractivity contribution in [1.29, 1.82) is 0 Å². The van der Waals surface area contributed by atoms with Crippen LogP contribution in [0.5, 0.6) is 0 Å². The van der Waals surface area contributed by atoms with Crippen LogP contribution in [0.15, 0.2) is 48.6 Å². The van der Waals surface area contributed by atoms with Crippen LogP contribution in [0.1, 0.15) is 12.8 Å². The third-order valence-corrected chi connectivity index (χ3v) is 4.01. The Morgan fingerprint density at radius 3 is 2.12 bits per heavy atom.